The molecule has 0 heterocycles. The van der Waals surface area contributed by atoms with Crippen molar-refractivity contribution in [2.24, 2.45) is 0 Å². The molecule has 2 nitrogen and oxygen atoms in total. The van der Waals surface area contributed by atoms with E-state index in [-0.39, 0.29) is 5.75 Å². The zero-order valence-corrected chi connectivity index (χ0v) is 11.4. The van der Waals surface area contributed by atoms with E-state index in [1.54, 1.807) is 25.3 Å². The molecule has 0 aromatic heterocycles. The normalized spacial score (nSPS) is 10.2. The maximum atomic E-state index is 13.8. The highest BCUT2D eigenvalue weighted by atomic mass is 79.9. The Labute approximate surface area is 113 Å². The number of methoxy groups -OCH3 is 1. The number of para-hydroxylation sites is 2. The van der Waals surface area contributed by atoms with Gasteiger partial charge in [0.25, 0.3) is 0 Å². The number of hydrogen-bond acceptors (Lipinski definition) is 2. The van der Waals surface area contributed by atoms with Crippen molar-refractivity contribution in [2.45, 2.75) is 5.33 Å². The fourth-order valence-corrected chi connectivity index (χ4v) is 1.88. The van der Waals surface area contributed by atoms with Crippen LogP contribution in [0.4, 0.5) is 4.39 Å². The smallest absolute Gasteiger partial charge is 0.169 e. The summed E-state index contributed by atoms with van der Waals surface area (Å²) in [6.07, 6.45) is 0. The molecule has 0 aliphatic rings. The molecule has 0 fully saturated rings. The van der Waals surface area contributed by atoms with E-state index in [1.165, 1.54) is 6.07 Å². The van der Waals surface area contributed by atoms with Crippen LogP contribution in [0.15, 0.2) is 42.5 Å². The molecule has 0 spiro atoms. The molecular weight excluding hydrogens is 299 g/mol. The molecule has 94 valence electrons. The molecule has 2 aromatic rings. The first-order valence-electron chi connectivity index (χ1n) is 5.40. The summed E-state index contributed by atoms with van der Waals surface area (Å²) < 4.78 is 24.4. The maximum absolute atomic E-state index is 13.8. The molecule has 4 heteroatoms. The molecule has 0 unspecified atom stereocenters. The molecule has 0 atom stereocenters. The summed E-state index contributed by atoms with van der Waals surface area (Å²) in [6.45, 7) is 0. The topological polar surface area (TPSA) is 18.5 Å². The Kier molecular flexibility index (Phi) is 4.20. The molecule has 0 saturated carbocycles. The zero-order valence-electron chi connectivity index (χ0n) is 9.82. The summed E-state index contributed by atoms with van der Waals surface area (Å²) in [6, 6.07) is 12.0. The number of hydrogen-bond donors (Lipinski definition) is 0. The zero-order chi connectivity index (χ0) is 13.0. The van der Waals surface area contributed by atoms with Crippen LogP contribution in [-0.4, -0.2) is 7.11 Å². The molecule has 0 saturated heterocycles. The molecule has 0 amide bonds. The van der Waals surface area contributed by atoms with Gasteiger partial charge in [0.2, 0.25) is 0 Å². The molecule has 18 heavy (non-hydrogen) atoms. The maximum Gasteiger partial charge on any atom is 0.169 e. The van der Waals surface area contributed by atoms with Gasteiger partial charge in [0.05, 0.1) is 7.11 Å². The Morgan fingerprint density at radius 3 is 2.39 bits per heavy atom. The van der Waals surface area contributed by atoms with E-state index in [1.807, 2.05) is 18.2 Å². The monoisotopic (exact) mass is 310 g/mol. The second kappa shape index (κ2) is 5.87. The highest BCUT2D eigenvalue weighted by Crippen LogP contribution is 2.32. The Morgan fingerprint density at radius 1 is 1.06 bits per heavy atom. The van der Waals surface area contributed by atoms with Crippen LogP contribution in [0, 0.1) is 5.82 Å². The molecule has 0 aliphatic heterocycles. The summed E-state index contributed by atoms with van der Waals surface area (Å²) >= 11 is 3.28. The van der Waals surface area contributed by atoms with E-state index in [4.69, 9.17) is 9.47 Å². The molecule has 0 radical (unpaired) electrons. The lowest BCUT2D eigenvalue weighted by molar-refractivity contribution is 0.371. The highest BCUT2D eigenvalue weighted by Gasteiger charge is 2.09. The lowest BCUT2D eigenvalue weighted by Gasteiger charge is -2.10. The quantitative estimate of drug-likeness (QED) is 0.773. The average molecular weight is 311 g/mol. The van der Waals surface area contributed by atoms with E-state index >= 15 is 0 Å². The van der Waals surface area contributed by atoms with Gasteiger partial charge in [-0.05, 0) is 29.8 Å². The predicted molar refractivity (Wildman–Crippen MR) is 72.1 cm³/mol. The van der Waals surface area contributed by atoms with Crippen molar-refractivity contribution in [1.82, 2.24) is 0 Å². The summed E-state index contributed by atoms with van der Waals surface area (Å²) in [5.41, 5.74) is 0.861. The molecule has 2 aromatic carbocycles. The third-order valence-electron chi connectivity index (χ3n) is 2.44. The van der Waals surface area contributed by atoms with E-state index in [2.05, 4.69) is 15.9 Å². The van der Waals surface area contributed by atoms with E-state index in [0.717, 1.165) is 5.56 Å². The van der Waals surface area contributed by atoms with Gasteiger partial charge in [-0.15, -0.1) is 0 Å². The Hall–Kier alpha value is -1.55. The first-order chi connectivity index (χ1) is 8.74. The molecule has 0 aliphatic carbocycles. The number of halogens is 2. The van der Waals surface area contributed by atoms with Crippen molar-refractivity contribution in [3.8, 4) is 17.2 Å². The van der Waals surface area contributed by atoms with Gasteiger partial charge in [-0.1, -0.05) is 34.1 Å². The summed E-state index contributed by atoms with van der Waals surface area (Å²) in [4.78, 5) is 0. The van der Waals surface area contributed by atoms with Gasteiger partial charge in [-0.25, -0.2) is 4.39 Å². The van der Waals surface area contributed by atoms with Gasteiger partial charge in [0, 0.05) is 5.33 Å². The van der Waals surface area contributed by atoms with Crippen LogP contribution < -0.4 is 9.47 Å². The van der Waals surface area contributed by atoms with Gasteiger partial charge in [0.1, 0.15) is 0 Å². The van der Waals surface area contributed by atoms with Gasteiger partial charge in [-0.3, -0.25) is 0 Å². The SMILES string of the molecule is COc1ccccc1Oc1ccc(CBr)cc1F. The average Bonchev–Trinajstić information content (AvgIpc) is 2.41. The van der Waals surface area contributed by atoms with Crippen LogP contribution in [0.25, 0.3) is 0 Å². The molecule has 0 bridgehead atoms. The van der Waals surface area contributed by atoms with Crippen molar-refractivity contribution in [1.29, 1.82) is 0 Å². The number of rotatable bonds is 4. The minimum Gasteiger partial charge on any atom is -0.493 e. The van der Waals surface area contributed by atoms with Crippen molar-refractivity contribution in [3.63, 3.8) is 0 Å². The van der Waals surface area contributed by atoms with Gasteiger partial charge < -0.3 is 9.47 Å². The van der Waals surface area contributed by atoms with Crippen LogP contribution >= 0.6 is 15.9 Å². The van der Waals surface area contributed by atoms with Crippen LogP contribution in [0.2, 0.25) is 0 Å². The third-order valence-corrected chi connectivity index (χ3v) is 3.09. The number of ether oxygens (including phenoxy) is 2. The van der Waals surface area contributed by atoms with Crippen LogP contribution in [0.3, 0.4) is 0 Å². The third kappa shape index (κ3) is 2.82. The summed E-state index contributed by atoms with van der Waals surface area (Å²) in [7, 11) is 1.55. The largest absolute Gasteiger partial charge is 0.493 e. The van der Waals surface area contributed by atoms with Crippen molar-refractivity contribution < 1.29 is 13.9 Å². The van der Waals surface area contributed by atoms with E-state index in [0.29, 0.717) is 16.8 Å². The standard InChI is InChI=1S/C14H12BrFO2/c1-17-13-4-2-3-5-14(13)18-12-7-6-10(9-15)8-11(12)16/h2-8H,9H2,1H3. The molecule has 2 rings (SSSR count). The van der Waals surface area contributed by atoms with Crippen LogP contribution in [0.5, 0.6) is 17.2 Å². The van der Waals surface area contributed by atoms with Crippen LogP contribution in [-0.2, 0) is 5.33 Å². The van der Waals surface area contributed by atoms with Crippen molar-refractivity contribution in [3.05, 3.63) is 53.8 Å². The molecular formula is C14H12BrFO2. The summed E-state index contributed by atoms with van der Waals surface area (Å²) in [5.74, 6) is 0.856. The lowest BCUT2D eigenvalue weighted by atomic mass is 10.2. The van der Waals surface area contributed by atoms with Gasteiger partial charge >= 0.3 is 0 Å². The Bertz CT molecular complexity index is 543. The Morgan fingerprint density at radius 2 is 1.78 bits per heavy atom. The minimum absolute atomic E-state index is 0.184. The fraction of sp³-hybridized carbons (Fsp3) is 0.143. The Balaban J connectivity index is 2.28. The van der Waals surface area contributed by atoms with Crippen LogP contribution in [0.1, 0.15) is 5.56 Å². The highest BCUT2D eigenvalue weighted by molar-refractivity contribution is 9.08. The van der Waals surface area contributed by atoms with Gasteiger partial charge in [0.15, 0.2) is 23.1 Å². The second-order valence-electron chi connectivity index (χ2n) is 3.65. The first-order valence-corrected chi connectivity index (χ1v) is 6.52. The summed E-state index contributed by atoms with van der Waals surface area (Å²) in [5, 5.41) is 0.610. The predicted octanol–water partition coefficient (Wildman–Crippen LogP) is 4.52. The van der Waals surface area contributed by atoms with Gasteiger partial charge in [-0.2, -0.15) is 0 Å². The first kappa shape index (κ1) is 12.9. The molecule has 0 N–H and O–H groups in total. The number of benzene rings is 2. The van der Waals surface area contributed by atoms with Crippen molar-refractivity contribution >= 4 is 15.9 Å². The second-order valence-corrected chi connectivity index (χ2v) is 4.21. The minimum atomic E-state index is -0.391. The van der Waals surface area contributed by atoms with E-state index in [9.17, 15) is 4.39 Å². The van der Waals surface area contributed by atoms with Crippen molar-refractivity contribution in [2.75, 3.05) is 7.11 Å². The van der Waals surface area contributed by atoms with E-state index < -0.39 is 5.82 Å². The lowest BCUT2D eigenvalue weighted by Crippen LogP contribution is -1.92. The fourth-order valence-electron chi connectivity index (χ4n) is 1.53. The number of alkyl halides is 1.